The number of fused-ring (bicyclic) bond motifs is 1. The zero-order valence-electron chi connectivity index (χ0n) is 15.2. The van der Waals surface area contributed by atoms with Crippen molar-refractivity contribution < 1.29 is 9.13 Å². The monoisotopic (exact) mass is 360 g/mol. The van der Waals surface area contributed by atoms with Crippen molar-refractivity contribution in [2.45, 2.75) is 19.4 Å². The molecule has 0 aliphatic rings. The van der Waals surface area contributed by atoms with Gasteiger partial charge in [-0.25, -0.2) is 9.37 Å². The van der Waals surface area contributed by atoms with E-state index in [0.717, 1.165) is 47.6 Å². The number of imidazole rings is 1. The standard InChI is InChI=1S/C23H21FN2O/c1-27-20-12-13-21-22(16-20)26(14-6-9-17-7-3-2-4-8-17)23(25-21)18-10-5-11-19(24)15-18/h2-5,7-8,10-13,15-16H,6,9,14H2,1H3. The first-order valence-corrected chi connectivity index (χ1v) is 9.09. The highest BCUT2D eigenvalue weighted by Crippen LogP contribution is 2.28. The van der Waals surface area contributed by atoms with Crippen molar-refractivity contribution in [2.75, 3.05) is 7.11 Å². The molecular weight excluding hydrogens is 339 g/mol. The van der Waals surface area contributed by atoms with Crippen molar-refractivity contribution in [1.29, 1.82) is 0 Å². The maximum atomic E-state index is 13.8. The Labute approximate surface area is 158 Å². The number of nitrogens with zero attached hydrogens (tertiary/aromatic N) is 2. The summed E-state index contributed by atoms with van der Waals surface area (Å²) in [6.45, 7) is 0.796. The minimum Gasteiger partial charge on any atom is -0.497 e. The fraction of sp³-hybridized carbons (Fsp3) is 0.174. The third-order valence-corrected chi connectivity index (χ3v) is 4.73. The lowest BCUT2D eigenvalue weighted by atomic mass is 10.1. The number of hydrogen-bond donors (Lipinski definition) is 0. The van der Waals surface area contributed by atoms with Gasteiger partial charge in [-0.2, -0.15) is 0 Å². The molecule has 0 aliphatic carbocycles. The van der Waals surface area contributed by atoms with Gasteiger partial charge in [0, 0.05) is 18.2 Å². The molecule has 1 aromatic heterocycles. The molecule has 0 unspecified atom stereocenters. The lowest BCUT2D eigenvalue weighted by molar-refractivity contribution is 0.415. The number of benzene rings is 3. The third-order valence-electron chi connectivity index (χ3n) is 4.73. The Morgan fingerprint density at radius 3 is 2.59 bits per heavy atom. The normalized spacial score (nSPS) is 11.0. The minimum atomic E-state index is -0.257. The fourth-order valence-electron chi connectivity index (χ4n) is 3.39. The van der Waals surface area contributed by atoms with Crippen molar-refractivity contribution in [3.63, 3.8) is 0 Å². The van der Waals surface area contributed by atoms with Gasteiger partial charge >= 0.3 is 0 Å². The van der Waals surface area contributed by atoms with E-state index in [-0.39, 0.29) is 5.82 Å². The van der Waals surface area contributed by atoms with Crippen molar-refractivity contribution in [3.8, 4) is 17.1 Å². The Balaban J connectivity index is 1.71. The highest BCUT2D eigenvalue weighted by Gasteiger charge is 2.14. The van der Waals surface area contributed by atoms with Crippen LogP contribution in [0.1, 0.15) is 12.0 Å². The second kappa shape index (κ2) is 7.62. The molecule has 0 radical (unpaired) electrons. The van der Waals surface area contributed by atoms with Gasteiger partial charge in [0.05, 0.1) is 18.1 Å². The van der Waals surface area contributed by atoms with Crippen LogP contribution in [-0.2, 0) is 13.0 Å². The van der Waals surface area contributed by atoms with Crippen LogP contribution < -0.4 is 4.74 Å². The predicted octanol–water partition coefficient (Wildman–Crippen LogP) is 5.48. The summed E-state index contributed by atoms with van der Waals surface area (Å²) < 4.78 is 21.3. The zero-order valence-corrected chi connectivity index (χ0v) is 15.2. The van der Waals surface area contributed by atoms with Crippen molar-refractivity contribution in [3.05, 3.63) is 84.2 Å². The molecule has 4 rings (SSSR count). The van der Waals surface area contributed by atoms with E-state index in [1.807, 2.05) is 30.3 Å². The third kappa shape index (κ3) is 3.70. The lowest BCUT2D eigenvalue weighted by Crippen LogP contribution is -2.02. The average Bonchev–Trinajstić information content (AvgIpc) is 3.06. The molecule has 0 fully saturated rings. The van der Waals surface area contributed by atoms with E-state index in [1.54, 1.807) is 13.2 Å². The van der Waals surface area contributed by atoms with Crippen LogP contribution in [0.3, 0.4) is 0 Å². The highest BCUT2D eigenvalue weighted by atomic mass is 19.1. The lowest BCUT2D eigenvalue weighted by Gasteiger charge is -2.10. The van der Waals surface area contributed by atoms with E-state index >= 15 is 0 Å². The van der Waals surface area contributed by atoms with Gasteiger partial charge in [0.25, 0.3) is 0 Å². The molecule has 4 heteroatoms. The molecule has 1 heterocycles. The van der Waals surface area contributed by atoms with Gasteiger partial charge < -0.3 is 9.30 Å². The first kappa shape index (κ1) is 17.3. The van der Waals surface area contributed by atoms with Crippen LogP contribution in [0, 0.1) is 5.82 Å². The molecule has 0 amide bonds. The van der Waals surface area contributed by atoms with E-state index in [0.29, 0.717) is 0 Å². The van der Waals surface area contributed by atoms with Gasteiger partial charge in [-0.05, 0) is 42.7 Å². The summed E-state index contributed by atoms with van der Waals surface area (Å²) in [6.07, 6.45) is 1.95. The number of methoxy groups -OCH3 is 1. The molecule has 0 N–H and O–H groups in total. The molecule has 0 saturated heterocycles. The van der Waals surface area contributed by atoms with Crippen LogP contribution in [0.25, 0.3) is 22.4 Å². The van der Waals surface area contributed by atoms with Gasteiger partial charge in [-0.1, -0.05) is 42.5 Å². The van der Waals surface area contributed by atoms with E-state index in [1.165, 1.54) is 17.7 Å². The molecule has 136 valence electrons. The fourth-order valence-corrected chi connectivity index (χ4v) is 3.39. The Kier molecular flexibility index (Phi) is 4.88. The summed E-state index contributed by atoms with van der Waals surface area (Å²) in [6, 6.07) is 22.9. The van der Waals surface area contributed by atoms with Crippen molar-refractivity contribution in [1.82, 2.24) is 9.55 Å². The highest BCUT2D eigenvalue weighted by molar-refractivity contribution is 5.82. The molecule has 3 nitrogen and oxygen atoms in total. The van der Waals surface area contributed by atoms with Crippen LogP contribution in [0.2, 0.25) is 0 Å². The van der Waals surface area contributed by atoms with Gasteiger partial charge in [-0.15, -0.1) is 0 Å². The van der Waals surface area contributed by atoms with Gasteiger partial charge in [-0.3, -0.25) is 0 Å². The van der Waals surface area contributed by atoms with E-state index in [2.05, 4.69) is 28.8 Å². The Morgan fingerprint density at radius 2 is 1.81 bits per heavy atom. The summed E-state index contributed by atoms with van der Waals surface area (Å²) >= 11 is 0. The van der Waals surface area contributed by atoms with Crippen LogP contribution >= 0.6 is 0 Å². The number of rotatable bonds is 6. The number of ether oxygens (including phenoxy) is 1. The van der Waals surface area contributed by atoms with Crippen LogP contribution in [-0.4, -0.2) is 16.7 Å². The molecule has 0 aliphatic heterocycles. The van der Waals surface area contributed by atoms with Crippen molar-refractivity contribution >= 4 is 11.0 Å². The largest absolute Gasteiger partial charge is 0.497 e. The maximum absolute atomic E-state index is 13.8. The SMILES string of the molecule is COc1ccc2nc(-c3cccc(F)c3)n(CCCc3ccccc3)c2c1. The number of aryl methyl sites for hydroxylation is 2. The summed E-state index contributed by atoms with van der Waals surface area (Å²) in [5.74, 6) is 1.32. The molecule has 4 aromatic rings. The smallest absolute Gasteiger partial charge is 0.141 e. The molecule has 0 spiro atoms. The topological polar surface area (TPSA) is 27.1 Å². The molecule has 0 atom stereocenters. The Morgan fingerprint density at radius 1 is 0.963 bits per heavy atom. The second-order valence-electron chi connectivity index (χ2n) is 6.54. The van der Waals surface area contributed by atoms with E-state index in [4.69, 9.17) is 9.72 Å². The summed E-state index contributed by atoms with van der Waals surface area (Å²) in [5.41, 5.74) is 3.98. The zero-order chi connectivity index (χ0) is 18.6. The van der Waals surface area contributed by atoms with E-state index in [9.17, 15) is 4.39 Å². The van der Waals surface area contributed by atoms with Crippen molar-refractivity contribution in [2.24, 2.45) is 0 Å². The first-order chi connectivity index (χ1) is 13.2. The van der Waals surface area contributed by atoms with Gasteiger partial charge in [0.15, 0.2) is 0 Å². The summed E-state index contributed by atoms with van der Waals surface area (Å²) in [7, 11) is 1.66. The minimum absolute atomic E-state index is 0.257. The van der Waals surface area contributed by atoms with Crippen LogP contribution in [0.4, 0.5) is 4.39 Å². The molecule has 0 saturated carbocycles. The van der Waals surface area contributed by atoms with E-state index < -0.39 is 0 Å². The Hall–Kier alpha value is -3.14. The maximum Gasteiger partial charge on any atom is 0.141 e. The number of aromatic nitrogens is 2. The summed E-state index contributed by atoms with van der Waals surface area (Å²) in [5, 5.41) is 0. The van der Waals surface area contributed by atoms with Crippen LogP contribution in [0.15, 0.2) is 72.8 Å². The number of halogens is 1. The quantitative estimate of drug-likeness (QED) is 0.455. The number of hydrogen-bond acceptors (Lipinski definition) is 2. The van der Waals surface area contributed by atoms with Gasteiger partial charge in [0.2, 0.25) is 0 Å². The Bertz CT molecular complexity index is 1060. The molecule has 3 aromatic carbocycles. The van der Waals surface area contributed by atoms with Crippen LogP contribution in [0.5, 0.6) is 5.75 Å². The first-order valence-electron chi connectivity index (χ1n) is 9.09. The molecule has 27 heavy (non-hydrogen) atoms. The molecule has 0 bridgehead atoms. The second-order valence-corrected chi connectivity index (χ2v) is 6.54. The summed E-state index contributed by atoms with van der Waals surface area (Å²) in [4.78, 5) is 4.77. The molecular formula is C23H21FN2O. The average molecular weight is 360 g/mol. The van der Waals surface area contributed by atoms with Gasteiger partial charge in [0.1, 0.15) is 17.4 Å². The predicted molar refractivity (Wildman–Crippen MR) is 106 cm³/mol.